The summed E-state index contributed by atoms with van der Waals surface area (Å²) in [5.74, 6) is -0.0484. The number of hydrogen-bond acceptors (Lipinski definition) is 4. The number of rotatable bonds is 5. The molecule has 23 heavy (non-hydrogen) atoms. The van der Waals surface area contributed by atoms with E-state index in [9.17, 15) is 9.59 Å². The molecule has 0 aromatic carbocycles. The summed E-state index contributed by atoms with van der Waals surface area (Å²) >= 11 is 1.47. The first-order valence-electron chi connectivity index (χ1n) is 8.06. The number of carbonyl (C=O) groups is 2. The van der Waals surface area contributed by atoms with Gasteiger partial charge in [-0.2, -0.15) is 0 Å². The lowest BCUT2D eigenvalue weighted by molar-refractivity contribution is 0.0220. The Labute approximate surface area is 140 Å². The Morgan fingerprint density at radius 3 is 2.61 bits per heavy atom. The van der Waals surface area contributed by atoms with Crippen LogP contribution in [0.1, 0.15) is 61.2 Å². The van der Waals surface area contributed by atoms with Gasteiger partial charge in [0.1, 0.15) is 5.60 Å². The first-order valence-corrected chi connectivity index (χ1v) is 8.94. The van der Waals surface area contributed by atoms with Gasteiger partial charge >= 0.3 is 12.1 Å². The van der Waals surface area contributed by atoms with Gasteiger partial charge in [0.05, 0.1) is 5.56 Å². The molecule has 1 aromatic heterocycles. The zero-order valence-corrected chi connectivity index (χ0v) is 14.6. The van der Waals surface area contributed by atoms with Crippen molar-refractivity contribution in [2.45, 2.75) is 57.6 Å². The molecule has 1 heterocycles. The van der Waals surface area contributed by atoms with Crippen molar-refractivity contribution in [2.75, 3.05) is 6.54 Å². The Morgan fingerprint density at radius 2 is 2.09 bits per heavy atom. The van der Waals surface area contributed by atoms with Gasteiger partial charge in [-0.1, -0.05) is 0 Å². The van der Waals surface area contributed by atoms with Gasteiger partial charge in [-0.05, 0) is 52.0 Å². The summed E-state index contributed by atoms with van der Waals surface area (Å²) in [6.45, 7) is 6.39. The third-order valence-electron chi connectivity index (χ3n) is 4.17. The monoisotopic (exact) mass is 337 g/mol. The van der Waals surface area contributed by atoms with Gasteiger partial charge in [0.25, 0.3) is 0 Å². The van der Waals surface area contributed by atoms with E-state index >= 15 is 0 Å². The standard InChI is InChI=1S/C17H23NO4S/c1-17(2,3)22-16(21)18(8-10-4-5-10)13-7-12(13)14-6-11(9-23-14)15(19)20/h6,9-10,12-13H,4-5,7-8H2,1-3H3,(H,19,20). The van der Waals surface area contributed by atoms with Crippen molar-refractivity contribution in [1.29, 1.82) is 0 Å². The zero-order chi connectivity index (χ0) is 16.8. The molecule has 2 atom stereocenters. The van der Waals surface area contributed by atoms with E-state index < -0.39 is 11.6 Å². The highest BCUT2D eigenvalue weighted by Crippen LogP contribution is 2.48. The van der Waals surface area contributed by atoms with Gasteiger partial charge in [-0.15, -0.1) is 11.3 Å². The van der Waals surface area contributed by atoms with Crippen LogP contribution in [0.15, 0.2) is 11.4 Å². The largest absolute Gasteiger partial charge is 0.478 e. The Balaban J connectivity index is 1.68. The molecule has 6 heteroatoms. The molecule has 2 aliphatic carbocycles. The maximum atomic E-state index is 12.5. The normalized spacial score (nSPS) is 23.4. The SMILES string of the molecule is CC(C)(C)OC(=O)N(CC1CC1)C1CC1c1cc(C(=O)O)cs1. The van der Waals surface area contributed by atoms with Crippen molar-refractivity contribution in [2.24, 2.45) is 5.92 Å². The summed E-state index contributed by atoms with van der Waals surface area (Å²) in [7, 11) is 0. The molecule has 0 aliphatic heterocycles. The Hall–Kier alpha value is -1.56. The molecular weight excluding hydrogens is 314 g/mol. The number of carbonyl (C=O) groups excluding carboxylic acids is 1. The van der Waals surface area contributed by atoms with Crippen LogP contribution in [0.25, 0.3) is 0 Å². The maximum Gasteiger partial charge on any atom is 0.410 e. The van der Waals surface area contributed by atoms with Gasteiger partial charge < -0.3 is 14.7 Å². The van der Waals surface area contributed by atoms with E-state index in [-0.39, 0.29) is 18.1 Å². The van der Waals surface area contributed by atoms with Crippen molar-refractivity contribution in [3.05, 3.63) is 21.9 Å². The van der Waals surface area contributed by atoms with Crippen LogP contribution in [0, 0.1) is 5.92 Å². The van der Waals surface area contributed by atoms with Crippen LogP contribution < -0.4 is 0 Å². The number of carboxylic acids is 1. The molecule has 5 nitrogen and oxygen atoms in total. The van der Waals surface area contributed by atoms with Crippen LogP contribution in [0.3, 0.4) is 0 Å². The van der Waals surface area contributed by atoms with Crippen LogP contribution >= 0.6 is 11.3 Å². The molecule has 3 rings (SSSR count). The maximum absolute atomic E-state index is 12.5. The van der Waals surface area contributed by atoms with Crippen molar-refractivity contribution in [1.82, 2.24) is 4.90 Å². The predicted octanol–water partition coefficient (Wildman–Crippen LogP) is 3.95. The number of hydrogen-bond donors (Lipinski definition) is 1. The zero-order valence-electron chi connectivity index (χ0n) is 13.7. The van der Waals surface area contributed by atoms with E-state index in [1.807, 2.05) is 25.7 Å². The van der Waals surface area contributed by atoms with E-state index in [2.05, 4.69) is 0 Å². The Kier molecular flexibility index (Phi) is 4.12. The fourth-order valence-corrected chi connectivity index (χ4v) is 3.79. The van der Waals surface area contributed by atoms with E-state index in [4.69, 9.17) is 9.84 Å². The summed E-state index contributed by atoms with van der Waals surface area (Å²) in [5.41, 5.74) is -0.162. The minimum Gasteiger partial charge on any atom is -0.478 e. The van der Waals surface area contributed by atoms with Gasteiger partial charge in [0, 0.05) is 28.8 Å². The molecular formula is C17H23NO4S. The molecule has 0 saturated heterocycles. The fourth-order valence-electron chi connectivity index (χ4n) is 2.74. The molecule has 1 amide bonds. The first kappa shape index (κ1) is 16.3. The van der Waals surface area contributed by atoms with Gasteiger partial charge in [0.15, 0.2) is 0 Å². The molecule has 126 valence electrons. The summed E-state index contributed by atoms with van der Waals surface area (Å²) in [4.78, 5) is 26.4. The van der Waals surface area contributed by atoms with Gasteiger partial charge in [0.2, 0.25) is 0 Å². The molecule has 2 fully saturated rings. The molecule has 1 N–H and O–H groups in total. The molecule has 0 radical (unpaired) electrons. The smallest absolute Gasteiger partial charge is 0.410 e. The summed E-state index contributed by atoms with van der Waals surface area (Å²) in [6, 6.07) is 1.88. The highest BCUT2D eigenvalue weighted by molar-refractivity contribution is 7.10. The van der Waals surface area contributed by atoms with Gasteiger partial charge in [-0.25, -0.2) is 9.59 Å². The van der Waals surface area contributed by atoms with Crippen LogP contribution in [0.2, 0.25) is 0 Å². The molecule has 1 aromatic rings. The number of nitrogens with zero attached hydrogens (tertiary/aromatic N) is 1. The third kappa shape index (κ3) is 4.05. The van der Waals surface area contributed by atoms with Gasteiger partial charge in [-0.3, -0.25) is 0 Å². The van der Waals surface area contributed by atoms with Crippen molar-refractivity contribution in [3.63, 3.8) is 0 Å². The van der Waals surface area contributed by atoms with E-state index in [1.54, 1.807) is 11.4 Å². The molecule has 2 aliphatic rings. The van der Waals surface area contributed by atoms with E-state index in [1.165, 1.54) is 24.2 Å². The topological polar surface area (TPSA) is 66.8 Å². The lowest BCUT2D eigenvalue weighted by atomic mass is 10.2. The van der Waals surface area contributed by atoms with E-state index in [0.29, 0.717) is 11.5 Å². The number of thiophene rings is 1. The first-order chi connectivity index (χ1) is 10.7. The second-order valence-electron chi connectivity index (χ2n) is 7.53. The number of aromatic carboxylic acids is 1. The quantitative estimate of drug-likeness (QED) is 0.883. The average Bonchev–Trinajstić information content (AvgIpc) is 3.33. The van der Waals surface area contributed by atoms with Crippen molar-refractivity contribution >= 4 is 23.4 Å². The average molecular weight is 337 g/mol. The van der Waals surface area contributed by atoms with Crippen LogP contribution in [0.5, 0.6) is 0 Å². The highest BCUT2D eigenvalue weighted by atomic mass is 32.1. The van der Waals surface area contributed by atoms with E-state index in [0.717, 1.165) is 17.8 Å². The fraction of sp³-hybridized carbons (Fsp3) is 0.647. The van der Waals surface area contributed by atoms with Crippen LogP contribution in [0.4, 0.5) is 4.79 Å². The Morgan fingerprint density at radius 1 is 1.39 bits per heavy atom. The lowest BCUT2D eigenvalue weighted by Gasteiger charge is -2.28. The molecule has 0 bridgehead atoms. The predicted molar refractivity (Wildman–Crippen MR) is 88.1 cm³/mol. The summed E-state index contributed by atoms with van der Waals surface area (Å²) in [6.07, 6.45) is 3.01. The number of amides is 1. The minimum absolute atomic E-state index is 0.144. The lowest BCUT2D eigenvalue weighted by Crippen LogP contribution is -2.40. The second kappa shape index (κ2) is 5.82. The highest BCUT2D eigenvalue weighted by Gasteiger charge is 2.48. The molecule has 2 saturated carbocycles. The Bertz CT molecular complexity index is 614. The molecule has 0 spiro atoms. The third-order valence-corrected chi connectivity index (χ3v) is 5.23. The minimum atomic E-state index is -0.897. The van der Waals surface area contributed by atoms with Crippen molar-refractivity contribution < 1.29 is 19.4 Å². The number of ether oxygens (including phenoxy) is 1. The second-order valence-corrected chi connectivity index (χ2v) is 8.47. The summed E-state index contributed by atoms with van der Waals surface area (Å²) < 4.78 is 5.55. The summed E-state index contributed by atoms with van der Waals surface area (Å²) in [5, 5.41) is 10.7. The van der Waals surface area contributed by atoms with Crippen LogP contribution in [-0.4, -0.2) is 40.3 Å². The number of carboxylic acid groups (broad SMARTS) is 1. The van der Waals surface area contributed by atoms with Crippen LogP contribution in [-0.2, 0) is 4.74 Å². The molecule has 2 unspecified atom stereocenters. The van der Waals surface area contributed by atoms with Crippen molar-refractivity contribution in [3.8, 4) is 0 Å².